The third-order valence-corrected chi connectivity index (χ3v) is 1.63. The number of aryl methyl sites for hydroxylation is 1. The quantitative estimate of drug-likeness (QED) is 0.520. The summed E-state index contributed by atoms with van der Waals surface area (Å²) in [7, 11) is 1.79. The van der Waals surface area contributed by atoms with Crippen LogP contribution in [-0.4, -0.2) is 21.4 Å². The molecule has 0 spiro atoms. The van der Waals surface area contributed by atoms with Crippen molar-refractivity contribution in [2.75, 3.05) is 0 Å². The molecule has 13 heavy (non-hydrogen) atoms. The number of terminal acetylenes is 1. The average Bonchev–Trinajstić information content (AvgIpc) is 2.51. The number of Topliss-reactive ketones (excluding diaryl/α,β-unsaturated/α-hetero) is 1. The molecule has 0 aliphatic heterocycles. The van der Waals surface area contributed by atoms with Gasteiger partial charge < -0.3 is 10.3 Å². The fraction of sp³-hybridized carbons (Fsp3) is 0.333. The molecule has 0 saturated heterocycles. The van der Waals surface area contributed by atoms with Crippen molar-refractivity contribution in [2.24, 2.45) is 12.8 Å². The van der Waals surface area contributed by atoms with E-state index in [2.05, 4.69) is 10.9 Å². The Labute approximate surface area is 76.8 Å². The maximum atomic E-state index is 11.5. The molecule has 0 bridgehead atoms. The van der Waals surface area contributed by atoms with E-state index >= 15 is 0 Å². The summed E-state index contributed by atoms with van der Waals surface area (Å²) in [5.41, 5.74) is 5.89. The number of nitrogens with two attached hydrogens (primary N) is 1. The molecule has 4 heteroatoms. The first-order valence-corrected chi connectivity index (χ1v) is 3.86. The summed E-state index contributed by atoms with van der Waals surface area (Å²) in [5.74, 6) is 2.13. The minimum atomic E-state index is -0.639. The Balaban J connectivity index is 2.74. The molecule has 0 aromatic carbocycles. The normalized spacial score (nSPS) is 12.1. The number of aromatic nitrogens is 2. The Morgan fingerprint density at radius 3 is 3.08 bits per heavy atom. The van der Waals surface area contributed by atoms with Gasteiger partial charge >= 0.3 is 0 Å². The first-order chi connectivity index (χ1) is 6.15. The molecule has 1 rings (SSSR count). The van der Waals surface area contributed by atoms with Crippen LogP contribution >= 0.6 is 0 Å². The van der Waals surface area contributed by atoms with Crippen LogP contribution in [0.5, 0.6) is 0 Å². The fourth-order valence-electron chi connectivity index (χ4n) is 0.950. The van der Waals surface area contributed by atoms with Gasteiger partial charge in [-0.2, -0.15) is 0 Å². The monoisotopic (exact) mass is 177 g/mol. The molecule has 1 unspecified atom stereocenters. The second-order valence-electron chi connectivity index (χ2n) is 2.80. The lowest BCUT2D eigenvalue weighted by Crippen LogP contribution is -2.30. The Bertz CT molecular complexity index is 348. The molecular weight excluding hydrogens is 166 g/mol. The first-order valence-electron chi connectivity index (χ1n) is 3.86. The largest absolute Gasteiger partial charge is 0.340 e. The van der Waals surface area contributed by atoms with Crippen molar-refractivity contribution in [2.45, 2.75) is 12.5 Å². The molecule has 0 radical (unpaired) electrons. The van der Waals surface area contributed by atoms with Gasteiger partial charge in [-0.05, 0) is 0 Å². The lowest BCUT2D eigenvalue weighted by Gasteiger charge is -2.02. The van der Waals surface area contributed by atoms with E-state index in [4.69, 9.17) is 12.2 Å². The summed E-state index contributed by atoms with van der Waals surface area (Å²) < 4.78 is 1.69. The minimum Gasteiger partial charge on any atom is -0.340 e. The van der Waals surface area contributed by atoms with Gasteiger partial charge in [0, 0.05) is 19.7 Å². The van der Waals surface area contributed by atoms with Crippen molar-refractivity contribution in [3.8, 4) is 12.3 Å². The molecule has 1 atom stereocenters. The van der Waals surface area contributed by atoms with Gasteiger partial charge in [0.15, 0.2) is 5.78 Å². The molecular formula is C9H11N3O. The molecule has 1 aromatic heterocycles. The predicted octanol–water partition coefficient (Wildman–Crippen LogP) is -0.0466. The van der Waals surface area contributed by atoms with E-state index in [1.165, 1.54) is 0 Å². The first kappa shape index (κ1) is 9.49. The van der Waals surface area contributed by atoms with Gasteiger partial charge in [-0.3, -0.25) is 4.79 Å². The van der Waals surface area contributed by atoms with E-state index in [1.54, 1.807) is 24.1 Å². The Kier molecular flexibility index (Phi) is 2.83. The zero-order chi connectivity index (χ0) is 9.84. The van der Waals surface area contributed by atoms with Gasteiger partial charge in [0.2, 0.25) is 0 Å². The van der Waals surface area contributed by atoms with Crippen LogP contribution < -0.4 is 5.73 Å². The molecule has 0 amide bonds. The van der Waals surface area contributed by atoms with E-state index in [9.17, 15) is 4.79 Å². The zero-order valence-electron chi connectivity index (χ0n) is 7.40. The third kappa shape index (κ3) is 2.17. The van der Waals surface area contributed by atoms with Gasteiger partial charge in [0.25, 0.3) is 0 Å². The van der Waals surface area contributed by atoms with E-state index in [0.717, 1.165) is 0 Å². The van der Waals surface area contributed by atoms with Gasteiger partial charge in [0.1, 0.15) is 5.69 Å². The molecule has 0 aliphatic carbocycles. The summed E-state index contributed by atoms with van der Waals surface area (Å²) in [6, 6.07) is -0.639. The van der Waals surface area contributed by atoms with Gasteiger partial charge in [-0.25, -0.2) is 4.98 Å². The van der Waals surface area contributed by atoms with E-state index in [1.807, 2.05) is 0 Å². The summed E-state index contributed by atoms with van der Waals surface area (Å²) in [6.45, 7) is 0. The summed E-state index contributed by atoms with van der Waals surface area (Å²) in [5, 5.41) is 0. The molecule has 0 aliphatic rings. The molecule has 1 heterocycles. The highest BCUT2D eigenvalue weighted by Crippen LogP contribution is 2.00. The number of hydrogen-bond acceptors (Lipinski definition) is 3. The minimum absolute atomic E-state index is 0.210. The number of rotatable bonds is 3. The van der Waals surface area contributed by atoms with Crippen LogP contribution in [0, 0.1) is 12.3 Å². The maximum absolute atomic E-state index is 11.5. The molecule has 68 valence electrons. The van der Waals surface area contributed by atoms with Crippen molar-refractivity contribution in [1.82, 2.24) is 9.55 Å². The van der Waals surface area contributed by atoms with Gasteiger partial charge in [-0.1, -0.05) is 0 Å². The van der Waals surface area contributed by atoms with Crippen molar-refractivity contribution in [1.29, 1.82) is 0 Å². The zero-order valence-corrected chi connectivity index (χ0v) is 7.40. The standard InChI is InChI=1S/C9H11N3O/c1-3-4-7(10)9(13)8-5-12(2)6-11-8/h1,5-7H,4,10H2,2H3. The second kappa shape index (κ2) is 3.87. The van der Waals surface area contributed by atoms with E-state index in [0.29, 0.717) is 5.69 Å². The highest BCUT2D eigenvalue weighted by Gasteiger charge is 2.16. The predicted molar refractivity (Wildman–Crippen MR) is 49.0 cm³/mol. The van der Waals surface area contributed by atoms with Crippen molar-refractivity contribution >= 4 is 5.78 Å². The van der Waals surface area contributed by atoms with Crippen LogP contribution in [0.2, 0.25) is 0 Å². The SMILES string of the molecule is C#CCC(N)C(=O)c1cn(C)cn1. The molecule has 0 fully saturated rings. The van der Waals surface area contributed by atoms with E-state index < -0.39 is 6.04 Å². The Hall–Kier alpha value is -1.60. The molecule has 1 aromatic rings. The summed E-state index contributed by atoms with van der Waals surface area (Å²) >= 11 is 0. The average molecular weight is 177 g/mol. The highest BCUT2D eigenvalue weighted by atomic mass is 16.1. The van der Waals surface area contributed by atoms with Crippen LogP contribution in [0.15, 0.2) is 12.5 Å². The van der Waals surface area contributed by atoms with Crippen LogP contribution in [0.25, 0.3) is 0 Å². The number of nitrogens with zero attached hydrogens (tertiary/aromatic N) is 2. The molecule has 4 nitrogen and oxygen atoms in total. The Morgan fingerprint density at radius 2 is 2.62 bits per heavy atom. The number of carbonyl (C=O) groups is 1. The smallest absolute Gasteiger partial charge is 0.200 e. The van der Waals surface area contributed by atoms with Crippen molar-refractivity contribution in [3.63, 3.8) is 0 Å². The van der Waals surface area contributed by atoms with E-state index in [-0.39, 0.29) is 12.2 Å². The molecule has 0 saturated carbocycles. The van der Waals surface area contributed by atoms with Crippen molar-refractivity contribution < 1.29 is 4.79 Å². The topological polar surface area (TPSA) is 60.9 Å². The van der Waals surface area contributed by atoms with Crippen molar-refractivity contribution in [3.05, 3.63) is 18.2 Å². The van der Waals surface area contributed by atoms with Crippen LogP contribution in [0.1, 0.15) is 16.9 Å². The lowest BCUT2D eigenvalue weighted by atomic mass is 10.1. The summed E-state index contributed by atoms with van der Waals surface area (Å²) in [6.07, 6.45) is 8.46. The third-order valence-electron chi connectivity index (χ3n) is 1.63. The Morgan fingerprint density at radius 1 is 1.92 bits per heavy atom. The highest BCUT2D eigenvalue weighted by molar-refractivity contribution is 5.98. The number of hydrogen-bond donors (Lipinski definition) is 1. The number of ketones is 1. The lowest BCUT2D eigenvalue weighted by molar-refractivity contribution is 0.0958. The number of imidazole rings is 1. The number of carbonyl (C=O) groups excluding carboxylic acids is 1. The van der Waals surface area contributed by atoms with Crippen LogP contribution in [0.3, 0.4) is 0 Å². The molecule has 2 N–H and O–H groups in total. The fourth-order valence-corrected chi connectivity index (χ4v) is 0.950. The van der Waals surface area contributed by atoms with Crippen LogP contribution in [0.4, 0.5) is 0 Å². The van der Waals surface area contributed by atoms with Crippen LogP contribution in [-0.2, 0) is 7.05 Å². The maximum Gasteiger partial charge on any atom is 0.200 e. The van der Waals surface area contributed by atoms with Gasteiger partial charge in [0.05, 0.1) is 12.4 Å². The second-order valence-corrected chi connectivity index (χ2v) is 2.80. The summed E-state index contributed by atoms with van der Waals surface area (Å²) in [4.78, 5) is 15.3. The van der Waals surface area contributed by atoms with Gasteiger partial charge in [-0.15, -0.1) is 12.3 Å².